The lowest BCUT2D eigenvalue weighted by Gasteiger charge is -2.12. The van der Waals surface area contributed by atoms with Crippen LogP contribution in [0, 0.1) is 6.92 Å². The van der Waals surface area contributed by atoms with Crippen molar-refractivity contribution in [2.45, 2.75) is 21.6 Å². The monoisotopic (exact) mass is 263 g/mol. The molecule has 0 saturated heterocycles. The Bertz CT molecular complexity index is 632. The van der Waals surface area contributed by atoms with Gasteiger partial charge in [-0.15, -0.1) is 0 Å². The van der Waals surface area contributed by atoms with E-state index in [4.69, 9.17) is 12.6 Å². The topological polar surface area (TPSA) is 34.1 Å². The molecular weight excluding hydrogens is 252 g/mol. The van der Waals surface area contributed by atoms with E-state index in [2.05, 4.69) is 0 Å². The van der Waals surface area contributed by atoms with Gasteiger partial charge in [-0.1, -0.05) is 35.9 Å². The van der Waals surface area contributed by atoms with Crippen LogP contribution in [0.15, 0.2) is 63.2 Å². The molecule has 0 aliphatic rings. The Kier molecular flexibility index (Phi) is 3.17. The third-order valence-electron chi connectivity index (χ3n) is 2.52. The average Bonchev–Trinajstić information content (AvgIpc) is 2.33. The molecule has 0 radical (unpaired) electrons. The first-order valence-electron chi connectivity index (χ1n) is 5.09. The van der Waals surface area contributed by atoms with E-state index >= 15 is 0 Å². The summed E-state index contributed by atoms with van der Waals surface area (Å²) in [5, 5.41) is 0. The van der Waals surface area contributed by atoms with Gasteiger partial charge in [-0.05, 0) is 25.1 Å². The maximum Gasteiger partial charge on any atom is 0.206 e. The third-order valence-corrected chi connectivity index (χ3v) is 4.73. The smallest absolute Gasteiger partial charge is 0.206 e. The van der Waals surface area contributed by atoms with Gasteiger partial charge in [0, 0.05) is 0 Å². The minimum absolute atomic E-state index is 0.249. The second kappa shape index (κ2) is 4.47. The molecule has 0 N–H and O–H groups in total. The van der Waals surface area contributed by atoms with Crippen LogP contribution >= 0.6 is 0 Å². The van der Waals surface area contributed by atoms with E-state index in [1.807, 2.05) is 6.92 Å². The van der Waals surface area contributed by atoms with Gasteiger partial charge >= 0.3 is 0 Å². The summed E-state index contributed by atoms with van der Waals surface area (Å²) < 4.78 is 24.5. The quantitative estimate of drug-likeness (QED) is 0.781. The van der Waals surface area contributed by atoms with Crippen molar-refractivity contribution >= 4 is 22.5 Å². The highest BCUT2D eigenvalue weighted by atomic mass is 32.2. The lowest BCUT2D eigenvalue weighted by molar-refractivity contribution is 0.596. The summed E-state index contributed by atoms with van der Waals surface area (Å²) in [7, 11) is -3.44. The van der Waals surface area contributed by atoms with Crippen LogP contribution in [-0.2, 0) is 22.5 Å². The van der Waals surface area contributed by atoms with E-state index in [-0.39, 0.29) is 4.90 Å². The molecule has 4 heteroatoms. The highest BCUT2D eigenvalue weighted by molar-refractivity contribution is 7.91. The largest absolute Gasteiger partial charge is 0.779 e. The normalized spacial score (nSPS) is 11.4. The predicted molar refractivity (Wildman–Crippen MR) is 68.7 cm³/mol. The zero-order valence-electron chi connectivity index (χ0n) is 9.25. The second-order valence-electron chi connectivity index (χ2n) is 3.74. The van der Waals surface area contributed by atoms with Gasteiger partial charge < -0.3 is 12.6 Å². The first kappa shape index (κ1) is 12.1. The average molecular weight is 263 g/mol. The van der Waals surface area contributed by atoms with Crippen LogP contribution in [0.5, 0.6) is 0 Å². The fourth-order valence-corrected chi connectivity index (χ4v) is 3.06. The molecule has 0 unspecified atom stereocenters. The maximum atomic E-state index is 12.3. The lowest BCUT2D eigenvalue weighted by atomic mass is 10.2. The Morgan fingerprint density at radius 1 is 0.941 bits per heavy atom. The number of aryl methyl sites for hydroxylation is 1. The lowest BCUT2D eigenvalue weighted by Crippen LogP contribution is -2.02. The van der Waals surface area contributed by atoms with Crippen LogP contribution < -0.4 is 0 Å². The number of rotatable bonds is 2. The van der Waals surface area contributed by atoms with E-state index < -0.39 is 9.84 Å². The van der Waals surface area contributed by atoms with Crippen LogP contribution in [0.4, 0.5) is 0 Å². The van der Waals surface area contributed by atoms with Crippen LogP contribution in [0.2, 0.25) is 0 Å². The summed E-state index contributed by atoms with van der Waals surface area (Å²) in [4.78, 5) is 1.11. The molecule has 2 aromatic carbocycles. The molecule has 0 heterocycles. The van der Waals surface area contributed by atoms with Gasteiger partial charge in [0.25, 0.3) is 0 Å². The van der Waals surface area contributed by atoms with Crippen molar-refractivity contribution in [3.63, 3.8) is 0 Å². The minimum atomic E-state index is -3.44. The van der Waals surface area contributed by atoms with Crippen LogP contribution in [0.3, 0.4) is 0 Å². The Morgan fingerprint density at radius 3 is 2.18 bits per heavy atom. The molecule has 0 amide bonds. The first-order valence-corrected chi connectivity index (χ1v) is 6.99. The highest BCUT2D eigenvalue weighted by Crippen LogP contribution is 2.22. The number of hydrogen-bond acceptors (Lipinski definition) is 3. The Balaban J connectivity index is 2.57. The predicted octanol–water partition coefficient (Wildman–Crippen LogP) is 2.73. The standard InChI is InChI=1S/C13H12O2S2/c1-10-7-8-12(9-13(10)16)17(14,15)11-5-3-2-4-6-11/h2-9,16H,1H3/p-1. The van der Waals surface area contributed by atoms with Crippen LogP contribution in [-0.4, -0.2) is 8.42 Å². The van der Waals surface area contributed by atoms with E-state index in [1.165, 1.54) is 6.07 Å². The van der Waals surface area contributed by atoms with Crippen molar-refractivity contribution < 1.29 is 8.42 Å². The Morgan fingerprint density at radius 2 is 1.59 bits per heavy atom. The molecule has 2 aromatic rings. The molecule has 0 aliphatic carbocycles. The number of hydrogen-bond donors (Lipinski definition) is 0. The molecule has 0 saturated carbocycles. The Labute approximate surface area is 107 Å². The molecule has 0 fully saturated rings. The van der Waals surface area contributed by atoms with Crippen molar-refractivity contribution in [3.05, 3.63) is 54.1 Å². The molecule has 0 aromatic heterocycles. The summed E-state index contributed by atoms with van der Waals surface area (Å²) in [5.41, 5.74) is 0.909. The molecule has 0 bridgehead atoms. The molecular formula is C13H11O2S2-. The van der Waals surface area contributed by atoms with Crippen molar-refractivity contribution in [1.82, 2.24) is 0 Å². The molecule has 0 atom stereocenters. The van der Waals surface area contributed by atoms with Gasteiger partial charge in [0.05, 0.1) is 9.79 Å². The van der Waals surface area contributed by atoms with E-state index in [9.17, 15) is 8.42 Å². The molecule has 2 nitrogen and oxygen atoms in total. The molecule has 0 spiro atoms. The van der Waals surface area contributed by atoms with Gasteiger partial charge in [-0.2, -0.15) is 4.90 Å². The zero-order chi connectivity index (χ0) is 12.5. The summed E-state index contributed by atoms with van der Waals surface area (Å²) in [6.07, 6.45) is 0. The summed E-state index contributed by atoms with van der Waals surface area (Å²) in [5.74, 6) is 0. The zero-order valence-corrected chi connectivity index (χ0v) is 10.9. The van der Waals surface area contributed by atoms with Gasteiger partial charge in [-0.3, -0.25) is 0 Å². The van der Waals surface area contributed by atoms with Crippen molar-refractivity contribution in [1.29, 1.82) is 0 Å². The summed E-state index contributed by atoms with van der Waals surface area (Å²) in [6, 6.07) is 13.2. The molecule has 2 rings (SSSR count). The van der Waals surface area contributed by atoms with Crippen LogP contribution in [0.25, 0.3) is 0 Å². The van der Waals surface area contributed by atoms with E-state index in [1.54, 1.807) is 42.5 Å². The van der Waals surface area contributed by atoms with Gasteiger partial charge in [0.15, 0.2) is 0 Å². The van der Waals surface area contributed by atoms with Gasteiger partial charge in [0.1, 0.15) is 0 Å². The molecule has 0 aliphatic heterocycles. The van der Waals surface area contributed by atoms with Gasteiger partial charge in [0.2, 0.25) is 9.84 Å². The minimum Gasteiger partial charge on any atom is -0.779 e. The van der Waals surface area contributed by atoms with Crippen molar-refractivity contribution in [3.8, 4) is 0 Å². The number of benzene rings is 2. The second-order valence-corrected chi connectivity index (χ2v) is 6.13. The molecule has 17 heavy (non-hydrogen) atoms. The van der Waals surface area contributed by atoms with E-state index in [0.717, 1.165) is 5.56 Å². The Hall–Kier alpha value is -1.39. The third kappa shape index (κ3) is 2.33. The van der Waals surface area contributed by atoms with Crippen LogP contribution in [0.1, 0.15) is 5.56 Å². The fourth-order valence-electron chi connectivity index (χ4n) is 1.48. The number of sulfone groups is 1. The highest BCUT2D eigenvalue weighted by Gasteiger charge is 2.16. The van der Waals surface area contributed by atoms with Crippen molar-refractivity contribution in [2.75, 3.05) is 0 Å². The first-order chi connectivity index (χ1) is 8.01. The van der Waals surface area contributed by atoms with Crippen molar-refractivity contribution in [2.24, 2.45) is 0 Å². The summed E-state index contributed by atoms with van der Waals surface area (Å²) >= 11 is 5.10. The fraction of sp³-hybridized carbons (Fsp3) is 0.0769. The SMILES string of the molecule is Cc1ccc(S(=O)(=O)c2ccccc2)cc1[S-]. The summed E-state index contributed by atoms with van der Waals surface area (Å²) in [6.45, 7) is 1.86. The molecule has 88 valence electrons. The maximum absolute atomic E-state index is 12.3. The van der Waals surface area contributed by atoms with Gasteiger partial charge in [-0.25, -0.2) is 8.42 Å². The van der Waals surface area contributed by atoms with E-state index in [0.29, 0.717) is 9.79 Å².